The van der Waals surface area contributed by atoms with Crippen LogP contribution in [0.15, 0.2) is 25.3 Å². The Balaban J connectivity index is -0.000000143. The summed E-state index contributed by atoms with van der Waals surface area (Å²) in [6.07, 6.45) is 2.89. The third kappa shape index (κ3) is 32.0. The van der Waals surface area contributed by atoms with Gasteiger partial charge in [-0.15, -0.1) is 0 Å². The fourth-order valence-corrected chi connectivity index (χ4v) is 0.632. The van der Waals surface area contributed by atoms with Gasteiger partial charge in [-0.1, -0.05) is 22.3 Å². The molecular formula is C6H10BaO4P2+2. The van der Waals surface area contributed by atoms with Crippen molar-refractivity contribution < 1.29 is 18.9 Å². The van der Waals surface area contributed by atoms with Gasteiger partial charge in [-0.3, -0.25) is 0 Å². The molecule has 0 aliphatic heterocycles. The van der Waals surface area contributed by atoms with Crippen molar-refractivity contribution in [2.75, 3.05) is 12.3 Å². The van der Waals surface area contributed by atoms with Crippen LogP contribution in [0, 0.1) is 0 Å². The van der Waals surface area contributed by atoms with E-state index in [4.69, 9.17) is 0 Å². The normalized spacial score (nSPS) is 9.69. The summed E-state index contributed by atoms with van der Waals surface area (Å²) in [4.78, 5) is 19.1. The van der Waals surface area contributed by atoms with E-state index < -0.39 is 16.1 Å². The van der Waals surface area contributed by atoms with Gasteiger partial charge in [0.2, 0.25) is 0 Å². The van der Waals surface area contributed by atoms with Crippen molar-refractivity contribution >= 4 is 64.9 Å². The van der Waals surface area contributed by atoms with E-state index >= 15 is 0 Å². The van der Waals surface area contributed by atoms with E-state index in [2.05, 4.69) is 13.2 Å². The first kappa shape index (κ1) is 19.7. The average molecular weight is 345 g/mol. The van der Waals surface area contributed by atoms with Crippen molar-refractivity contribution in [3.8, 4) is 0 Å². The van der Waals surface area contributed by atoms with Crippen molar-refractivity contribution in [2.45, 2.75) is 0 Å². The quantitative estimate of drug-likeness (QED) is 0.413. The number of allylic oxidation sites excluding steroid dienone is 2. The van der Waals surface area contributed by atoms with Gasteiger partial charge in [-0.05, 0) is 12.2 Å². The minimum Gasteiger partial charge on any atom is -0.595 e. The van der Waals surface area contributed by atoms with Gasteiger partial charge in [0.15, 0.2) is 12.3 Å². The molecule has 0 bridgehead atoms. The number of rotatable bonds is 4. The summed E-state index contributed by atoms with van der Waals surface area (Å²) < 4.78 is 19.1. The largest absolute Gasteiger partial charge is 2.00 e. The molecule has 0 aromatic carbocycles. The van der Waals surface area contributed by atoms with Crippen LogP contribution < -0.4 is 9.79 Å². The molecule has 0 N–H and O–H groups in total. The first-order valence-corrected chi connectivity index (χ1v) is 5.72. The molecule has 0 fully saturated rings. The molecule has 0 radical (unpaired) electrons. The molecule has 0 heterocycles. The van der Waals surface area contributed by atoms with Crippen LogP contribution in [0.5, 0.6) is 0 Å². The zero-order valence-electron chi connectivity index (χ0n) is 7.22. The third-order valence-electron chi connectivity index (χ3n) is 0.556. The number of hydrogen-bond donors (Lipinski definition) is 0. The minimum atomic E-state index is -2.22. The van der Waals surface area contributed by atoms with Crippen molar-refractivity contribution in [1.29, 1.82) is 0 Å². The van der Waals surface area contributed by atoms with Crippen molar-refractivity contribution in [3.05, 3.63) is 25.3 Å². The third-order valence-corrected chi connectivity index (χ3v) is 1.67. The van der Waals surface area contributed by atoms with Crippen LogP contribution in [0.25, 0.3) is 0 Å². The Labute approximate surface area is 120 Å². The monoisotopic (exact) mass is 346 g/mol. The summed E-state index contributed by atoms with van der Waals surface area (Å²) in [6, 6.07) is 0. The second kappa shape index (κ2) is 15.6. The summed E-state index contributed by atoms with van der Waals surface area (Å²) in [5.41, 5.74) is 0. The molecule has 0 rings (SSSR count). The molecule has 13 heavy (non-hydrogen) atoms. The molecule has 0 saturated carbocycles. The molecule has 0 spiro atoms. The van der Waals surface area contributed by atoms with Crippen LogP contribution in [0.1, 0.15) is 0 Å². The Morgan fingerprint density at radius 3 is 1.23 bits per heavy atom. The van der Waals surface area contributed by atoms with Gasteiger partial charge in [-0.25, -0.2) is 0 Å². The summed E-state index contributed by atoms with van der Waals surface area (Å²) in [5.74, 6) is 0. The second-order valence-electron chi connectivity index (χ2n) is 1.61. The van der Waals surface area contributed by atoms with Gasteiger partial charge in [-0.2, -0.15) is 0 Å². The van der Waals surface area contributed by atoms with Crippen LogP contribution in [-0.4, -0.2) is 61.2 Å². The molecular weight excluding hydrogens is 335 g/mol. The fourth-order valence-electron chi connectivity index (χ4n) is 0.211. The molecule has 7 heteroatoms. The number of hydrogen-bond acceptors (Lipinski definition) is 4. The van der Waals surface area contributed by atoms with Crippen LogP contribution in [0.3, 0.4) is 0 Å². The van der Waals surface area contributed by atoms with Gasteiger partial charge in [0.25, 0.3) is 0 Å². The van der Waals surface area contributed by atoms with Gasteiger partial charge in [0.05, 0.1) is 0 Å². The first-order valence-electron chi connectivity index (χ1n) is 3.00. The maximum atomic E-state index is 9.57. The fraction of sp³-hybridized carbons (Fsp3) is 0.333. The predicted molar refractivity (Wildman–Crippen MR) is 51.1 cm³/mol. The maximum Gasteiger partial charge on any atom is 2.00 e. The topological polar surface area (TPSA) is 80.3 Å². The standard InChI is InChI=1S/2C3H5O2P.Ba/c2*1-2-3-6(4)5;/h2*2H,1,3H2;/q;;+2. The molecule has 0 aromatic rings. The Bertz CT molecular complexity index is 163. The van der Waals surface area contributed by atoms with Crippen LogP contribution in [0.2, 0.25) is 0 Å². The minimum absolute atomic E-state index is 0. The SMILES string of the molecule is C=CC[P+](=O)[O-].C=CC[P+](=O)[O-].[Ba+2]. The Morgan fingerprint density at radius 2 is 1.23 bits per heavy atom. The Morgan fingerprint density at radius 1 is 1.00 bits per heavy atom. The summed E-state index contributed by atoms with van der Waals surface area (Å²) in [5, 5.41) is 0. The van der Waals surface area contributed by atoms with E-state index in [0.717, 1.165) is 0 Å². The van der Waals surface area contributed by atoms with Crippen molar-refractivity contribution in [3.63, 3.8) is 0 Å². The van der Waals surface area contributed by atoms with Crippen LogP contribution in [-0.2, 0) is 9.13 Å². The predicted octanol–water partition coefficient (Wildman–Crippen LogP) is 0.169. The van der Waals surface area contributed by atoms with E-state index in [1.165, 1.54) is 12.2 Å². The molecule has 68 valence electrons. The van der Waals surface area contributed by atoms with E-state index in [9.17, 15) is 18.9 Å². The van der Waals surface area contributed by atoms with E-state index in [-0.39, 0.29) is 61.2 Å². The Kier molecular flexibility index (Phi) is 23.7. The molecule has 0 aliphatic rings. The molecule has 0 saturated heterocycles. The molecule has 2 unspecified atom stereocenters. The van der Waals surface area contributed by atoms with Crippen LogP contribution in [0.4, 0.5) is 0 Å². The average Bonchev–Trinajstić information content (AvgIpc) is 1.87. The molecule has 4 nitrogen and oxygen atoms in total. The smallest absolute Gasteiger partial charge is 0.595 e. The molecule has 2 atom stereocenters. The summed E-state index contributed by atoms with van der Waals surface area (Å²) >= 11 is 0. The van der Waals surface area contributed by atoms with Crippen molar-refractivity contribution in [2.24, 2.45) is 0 Å². The Hall–Kier alpha value is 1.17. The molecule has 0 amide bonds. The molecule has 0 aromatic heterocycles. The van der Waals surface area contributed by atoms with Gasteiger partial charge in [0, 0.05) is 0 Å². The maximum absolute atomic E-state index is 9.57. The van der Waals surface area contributed by atoms with E-state index in [0.29, 0.717) is 0 Å². The van der Waals surface area contributed by atoms with E-state index in [1.54, 1.807) is 0 Å². The zero-order valence-corrected chi connectivity index (χ0v) is 13.4. The molecule has 0 aliphatic carbocycles. The van der Waals surface area contributed by atoms with Gasteiger partial charge in [0.1, 0.15) is 0 Å². The van der Waals surface area contributed by atoms with E-state index in [1.807, 2.05) is 0 Å². The zero-order chi connectivity index (χ0) is 9.98. The van der Waals surface area contributed by atoms with Crippen molar-refractivity contribution in [1.82, 2.24) is 0 Å². The van der Waals surface area contributed by atoms with Gasteiger partial charge < -0.3 is 9.79 Å². The second-order valence-corrected chi connectivity index (χ2v) is 3.67. The van der Waals surface area contributed by atoms with Crippen LogP contribution >= 0.6 is 16.1 Å². The summed E-state index contributed by atoms with van der Waals surface area (Å²) in [6.45, 7) is 6.43. The van der Waals surface area contributed by atoms with Gasteiger partial charge >= 0.3 is 64.9 Å². The first-order chi connectivity index (χ1) is 5.54. The summed E-state index contributed by atoms with van der Waals surface area (Å²) in [7, 11) is -4.44.